The molecule has 0 radical (unpaired) electrons. The third-order valence-electron chi connectivity index (χ3n) is 5.70. The molecule has 0 unspecified atom stereocenters. The van der Waals surface area contributed by atoms with Crippen molar-refractivity contribution in [1.29, 1.82) is 0 Å². The van der Waals surface area contributed by atoms with E-state index in [1.54, 1.807) is 16.7 Å². The second-order valence-electron chi connectivity index (χ2n) is 8.52. The molecule has 5 heteroatoms. The largest absolute Gasteiger partial charge is 0.377 e. The first kappa shape index (κ1) is 21.8. The summed E-state index contributed by atoms with van der Waals surface area (Å²) in [6.45, 7) is 7.23. The van der Waals surface area contributed by atoms with Crippen LogP contribution in [0.4, 0.5) is 5.69 Å². The molecule has 0 aromatic heterocycles. The van der Waals surface area contributed by atoms with Gasteiger partial charge in [0.25, 0.3) is 5.91 Å². The highest BCUT2D eigenvalue weighted by Crippen LogP contribution is 2.31. The topological polar surface area (TPSA) is 41.9 Å². The molecule has 0 saturated carbocycles. The van der Waals surface area contributed by atoms with E-state index >= 15 is 0 Å². The normalized spacial score (nSPS) is 20.6. The Hall–Kier alpha value is -2.37. The van der Waals surface area contributed by atoms with Gasteiger partial charge >= 0.3 is 0 Å². The van der Waals surface area contributed by atoms with Gasteiger partial charge in [-0.2, -0.15) is 0 Å². The Morgan fingerprint density at radius 3 is 2.52 bits per heavy atom. The van der Waals surface area contributed by atoms with Gasteiger partial charge in [-0.3, -0.25) is 9.69 Å². The van der Waals surface area contributed by atoms with Crippen LogP contribution in [0.2, 0.25) is 0 Å². The number of thioether (sulfide) groups is 1. The van der Waals surface area contributed by atoms with E-state index in [-0.39, 0.29) is 12.0 Å². The Bertz CT molecular complexity index is 971. The summed E-state index contributed by atoms with van der Waals surface area (Å²) in [4.78, 5) is 19.8. The number of anilines is 1. The van der Waals surface area contributed by atoms with E-state index in [9.17, 15) is 4.79 Å². The first-order valence-electron chi connectivity index (χ1n) is 11.1. The summed E-state index contributed by atoms with van der Waals surface area (Å²) in [6.07, 6.45) is 5.53. The zero-order chi connectivity index (χ0) is 21.8. The van der Waals surface area contributed by atoms with Gasteiger partial charge in [-0.05, 0) is 61.4 Å². The van der Waals surface area contributed by atoms with Gasteiger partial charge in [0.05, 0.1) is 11.8 Å². The standard InChI is InChI=1S/C26H30N2O2S/c1-18(2)21-11-9-20(10-12-21)16-24-25(29)28(22-13-7-19(3)8-14-22)26(27-24)31-17-23-6-4-5-15-30-23/h7-14,16,18,23H,4-6,15,17H2,1-3H3/b24-16-/t23-/m0/s1. The Balaban J connectivity index is 1.59. The minimum absolute atomic E-state index is 0.0798. The molecular formula is C26H30N2O2S. The number of carbonyl (C=O) groups is 1. The Kier molecular flexibility index (Phi) is 6.93. The predicted molar refractivity (Wildman–Crippen MR) is 131 cm³/mol. The fourth-order valence-electron chi connectivity index (χ4n) is 3.76. The fourth-order valence-corrected chi connectivity index (χ4v) is 4.83. The average molecular weight is 435 g/mol. The van der Waals surface area contributed by atoms with Crippen LogP contribution in [-0.2, 0) is 9.53 Å². The van der Waals surface area contributed by atoms with Gasteiger partial charge in [0.15, 0.2) is 5.17 Å². The van der Waals surface area contributed by atoms with Crippen LogP contribution in [0, 0.1) is 6.92 Å². The third kappa shape index (κ3) is 5.28. The summed E-state index contributed by atoms with van der Waals surface area (Å²) in [6, 6.07) is 16.4. The summed E-state index contributed by atoms with van der Waals surface area (Å²) in [5.74, 6) is 1.21. The molecule has 0 bridgehead atoms. The molecule has 2 aliphatic rings. The van der Waals surface area contributed by atoms with Gasteiger partial charge in [0.2, 0.25) is 0 Å². The Morgan fingerprint density at radius 1 is 1.13 bits per heavy atom. The van der Waals surface area contributed by atoms with Crippen LogP contribution in [-0.4, -0.2) is 29.5 Å². The summed E-state index contributed by atoms with van der Waals surface area (Å²) >= 11 is 1.61. The zero-order valence-corrected chi connectivity index (χ0v) is 19.3. The van der Waals surface area contributed by atoms with Crippen molar-refractivity contribution < 1.29 is 9.53 Å². The van der Waals surface area contributed by atoms with E-state index in [1.807, 2.05) is 37.3 Å². The summed E-state index contributed by atoms with van der Waals surface area (Å²) < 4.78 is 5.88. The van der Waals surface area contributed by atoms with Crippen LogP contribution in [0.1, 0.15) is 55.7 Å². The van der Waals surface area contributed by atoms with Crippen molar-refractivity contribution in [3.8, 4) is 0 Å². The molecule has 2 aromatic rings. The number of nitrogens with zero attached hydrogens (tertiary/aromatic N) is 2. The minimum atomic E-state index is -0.0798. The lowest BCUT2D eigenvalue weighted by Crippen LogP contribution is -2.31. The Morgan fingerprint density at radius 2 is 1.87 bits per heavy atom. The second-order valence-corrected chi connectivity index (χ2v) is 9.51. The maximum atomic E-state index is 13.3. The van der Waals surface area contributed by atoms with Crippen LogP contribution in [0.5, 0.6) is 0 Å². The molecule has 2 aromatic carbocycles. The molecule has 1 saturated heterocycles. The van der Waals surface area contributed by atoms with Gasteiger partial charge in [-0.1, -0.05) is 67.6 Å². The highest BCUT2D eigenvalue weighted by molar-refractivity contribution is 8.14. The lowest BCUT2D eigenvalue weighted by atomic mass is 10.0. The van der Waals surface area contributed by atoms with Crippen molar-refractivity contribution in [2.75, 3.05) is 17.3 Å². The average Bonchev–Trinajstić information content (AvgIpc) is 3.09. The zero-order valence-electron chi connectivity index (χ0n) is 18.5. The van der Waals surface area contributed by atoms with Crippen molar-refractivity contribution in [1.82, 2.24) is 0 Å². The van der Waals surface area contributed by atoms with E-state index in [0.29, 0.717) is 11.6 Å². The maximum absolute atomic E-state index is 13.3. The summed E-state index contributed by atoms with van der Waals surface area (Å²) in [5, 5.41) is 0.730. The number of amides is 1. The third-order valence-corrected chi connectivity index (χ3v) is 6.77. The first-order chi connectivity index (χ1) is 15.0. The lowest BCUT2D eigenvalue weighted by Gasteiger charge is -2.23. The molecule has 1 atom stereocenters. The monoisotopic (exact) mass is 434 g/mol. The van der Waals surface area contributed by atoms with E-state index in [0.717, 1.165) is 47.2 Å². The van der Waals surface area contributed by atoms with E-state index in [1.165, 1.54) is 12.0 Å². The van der Waals surface area contributed by atoms with Gasteiger partial charge in [0.1, 0.15) is 5.70 Å². The van der Waals surface area contributed by atoms with Crippen LogP contribution in [0.25, 0.3) is 6.08 Å². The molecule has 1 fully saturated rings. The Labute approximate surface area is 189 Å². The van der Waals surface area contributed by atoms with Crippen LogP contribution in [0.15, 0.2) is 59.2 Å². The first-order valence-corrected chi connectivity index (χ1v) is 12.1. The van der Waals surface area contributed by atoms with Crippen molar-refractivity contribution >= 4 is 34.6 Å². The number of benzene rings is 2. The molecule has 0 N–H and O–H groups in total. The number of amidine groups is 1. The van der Waals surface area contributed by atoms with Crippen LogP contribution in [0.3, 0.4) is 0 Å². The molecule has 2 aliphatic heterocycles. The summed E-state index contributed by atoms with van der Waals surface area (Å²) in [5.41, 5.74) is 4.77. The van der Waals surface area contributed by atoms with Crippen molar-refractivity contribution in [3.05, 3.63) is 70.9 Å². The molecule has 0 aliphatic carbocycles. The molecule has 2 heterocycles. The maximum Gasteiger partial charge on any atom is 0.283 e. The number of hydrogen-bond acceptors (Lipinski definition) is 4. The number of aliphatic imine (C=N–C) groups is 1. The van der Waals surface area contributed by atoms with Gasteiger partial charge in [0, 0.05) is 12.4 Å². The highest BCUT2D eigenvalue weighted by Gasteiger charge is 2.32. The molecule has 31 heavy (non-hydrogen) atoms. The molecule has 162 valence electrons. The van der Waals surface area contributed by atoms with Crippen molar-refractivity contribution in [2.45, 2.75) is 52.1 Å². The number of rotatable bonds is 5. The molecular weight excluding hydrogens is 404 g/mol. The molecule has 1 amide bonds. The smallest absolute Gasteiger partial charge is 0.283 e. The number of hydrogen-bond donors (Lipinski definition) is 0. The predicted octanol–water partition coefficient (Wildman–Crippen LogP) is 6.16. The SMILES string of the molecule is Cc1ccc(N2C(=O)/C(=C/c3ccc(C(C)C)cc3)N=C2SC[C@@H]2CCCCO2)cc1. The number of aryl methyl sites for hydroxylation is 1. The number of carbonyl (C=O) groups excluding carboxylic acids is 1. The lowest BCUT2D eigenvalue weighted by molar-refractivity contribution is -0.113. The highest BCUT2D eigenvalue weighted by atomic mass is 32.2. The second kappa shape index (κ2) is 9.84. The molecule has 0 spiro atoms. The van der Waals surface area contributed by atoms with Gasteiger partial charge < -0.3 is 4.74 Å². The van der Waals surface area contributed by atoms with Crippen LogP contribution >= 0.6 is 11.8 Å². The minimum Gasteiger partial charge on any atom is -0.377 e. The van der Waals surface area contributed by atoms with Crippen molar-refractivity contribution in [2.24, 2.45) is 4.99 Å². The molecule has 4 nitrogen and oxygen atoms in total. The molecule has 4 rings (SSSR count). The van der Waals surface area contributed by atoms with Crippen LogP contribution < -0.4 is 4.90 Å². The summed E-state index contributed by atoms with van der Waals surface area (Å²) in [7, 11) is 0. The van der Waals surface area contributed by atoms with Crippen molar-refractivity contribution in [3.63, 3.8) is 0 Å². The van der Waals surface area contributed by atoms with Gasteiger partial charge in [-0.15, -0.1) is 0 Å². The fraction of sp³-hybridized carbons (Fsp3) is 0.385. The van der Waals surface area contributed by atoms with Gasteiger partial charge in [-0.25, -0.2) is 4.99 Å². The van der Waals surface area contributed by atoms with E-state index in [4.69, 9.17) is 9.73 Å². The van der Waals surface area contributed by atoms with E-state index < -0.39 is 0 Å². The van der Waals surface area contributed by atoms with E-state index in [2.05, 4.69) is 38.1 Å². The quantitative estimate of drug-likeness (QED) is 0.529. The number of ether oxygens (including phenoxy) is 1.